The Kier molecular flexibility index (Phi) is 8.17. The van der Waals surface area contributed by atoms with Gasteiger partial charge in [0.1, 0.15) is 0 Å². The predicted octanol–water partition coefficient (Wildman–Crippen LogP) is 2.06. The van der Waals surface area contributed by atoms with Crippen LogP contribution in [0, 0.1) is 0 Å². The molecule has 5 heteroatoms. The third-order valence-corrected chi connectivity index (χ3v) is 2.79. The van der Waals surface area contributed by atoms with Crippen molar-refractivity contribution in [3.05, 3.63) is 42.7 Å². The number of nitrogens with zero attached hydrogens (tertiary/aromatic N) is 2. The van der Waals surface area contributed by atoms with E-state index in [0.29, 0.717) is 6.04 Å². The molecule has 2 heterocycles. The minimum atomic E-state index is 0. The summed E-state index contributed by atoms with van der Waals surface area (Å²) in [6.45, 7) is 8.19. The van der Waals surface area contributed by atoms with Crippen molar-refractivity contribution in [2.24, 2.45) is 0 Å². The molecular weight excluding hydrogens is 257 g/mol. The van der Waals surface area contributed by atoms with Gasteiger partial charge in [-0.2, -0.15) is 0 Å². The number of pyridine rings is 1. The molecule has 1 aliphatic rings. The summed E-state index contributed by atoms with van der Waals surface area (Å²) in [5, 5.41) is 3.35. The van der Waals surface area contributed by atoms with Gasteiger partial charge in [0.25, 0.3) is 0 Å². The van der Waals surface area contributed by atoms with Crippen LogP contribution in [0.1, 0.15) is 11.6 Å². The number of aromatic nitrogens is 1. The van der Waals surface area contributed by atoms with Crippen molar-refractivity contribution in [1.29, 1.82) is 0 Å². The zero-order valence-corrected chi connectivity index (χ0v) is 11.3. The van der Waals surface area contributed by atoms with Crippen molar-refractivity contribution in [1.82, 2.24) is 15.2 Å². The van der Waals surface area contributed by atoms with Crippen molar-refractivity contribution >= 4 is 24.8 Å². The third-order valence-electron chi connectivity index (χ3n) is 2.79. The molecule has 0 amide bonds. The summed E-state index contributed by atoms with van der Waals surface area (Å²) in [6, 6.07) is 4.40. The van der Waals surface area contributed by atoms with Gasteiger partial charge in [0.15, 0.2) is 0 Å². The van der Waals surface area contributed by atoms with E-state index in [-0.39, 0.29) is 24.8 Å². The second kappa shape index (κ2) is 8.48. The number of piperazine rings is 1. The Morgan fingerprint density at radius 2 is 2.06 bits per heavy atom. The molecule has 1 fully saturated rings. The molecule has 0 aromatic carbocycles. The lowest BCUT2D eigenvalue weighted by atomic mass is 10.1. The maximum Gasteiger partial charge on any atom is 0.0545 e. The van der Waals surface area contributed by atoms with Crippen molar-refractivity contribution in [3.63, 3.8) is 0 Å². The third kappa shape index (κ3) is 4.28. The van der Waals surface area contributed by atoms with Crippen LogP contribution in [0.5, 0.6) is 0 Å². The second-order valence-electron chi connectivity index (χ2n) is 3.75. The van der Waals surface area contributed by atoms with Crippen molar-refractivity contribution in [2.45, 2.75) is 6.04 Å². The highest BCUT2D eigenvalue weighted by Gasteiger charge is 2.18. The van der Waals surface area contributed by atoms with Crippen LogP contribution >= 0.6 is 24.8 Å². The lowest BCUT2D eigenvalue weighted by Crippen LogP contribution is -2.44. The Labute approximate surface area is 115 Å². The molecule has 96 valence electrons. The number of rotatable bonds is 3. The van der Waals surface area contributed by atoms with E-state index in [2.05, 4.69) is 27.8 Å². The van der Waals surface area contributed by atoms with E-state index in [0.717, 1.165) is 26.2 Å². The first-order valence-electron chi connectivity index (χ1n) is 5.39. The van der Waals surface area contributed by atoms with Gasteiger partial charge in [-0.05, 0) is 11.6 Å². The summed E-state index contributed by atoms with van der Waals surface area (Å²) in [5.74, 6) is 0. The SMILES string of the molecule is C=C[C@H](c1cccnc1)N1CCNCC1.Cl.Cl. The first kappa shape index (κ1) is 16.4. The zero-order chi connectivity index (χ0) is 10.5. The van der Waals surface area contributed by atoms with Gasteiger partial charge < -0.3 is 5.32 Å². The molecule has 0 spiro atoms. The topological polar surface area (TPSA) is 28.2 Å². The van der Waals surface area contributed by atoms with Crippen LogP contribution in [0.4, 0.5) is 0 Å². The van der Waals surface area contributed by atoms with Crippen LogP contribution in [-0.4, -0.2) is 36.1 Å². The van der Waals surface area contributed by atoms with E-state index >= 15 is 0 Å². The monoisotopic (exact) mass is 275 g/mol. The summed E-state index contributed by atoms with van der Waals surface area (Å²) < 4.78 is 0. The second-order valence-corrected chi connectivity index (χ2v) is 3.75. The standard InChI is InChI=1S/C12H17N3.2ClH/c1-2-12(11-4-3-5-14-10-11)15-8-6-13-7-9-15;;/h2-5,10,12-13H,1,6-9H2;2*1H/t12-;;/m1../s1. The summed E-state index contributed by atoms with van der Waals surface area (Å²) >= 11 is 0. The molecule has 0 saturated carbocycles. The molecule has 3 nitrogen and oxygen atoms in total. The predicted molar refractivity (Wildman–Crippen MR) is 76.1 cm³/mol. The van der Waals surface area contributed by atoms with Crippen LogP contribution in [0.25, 0.3) is 0 Å². The lowest BCUT2D eigenvalue weighted by molar-refractivity contribution is 0.203. The Morgan fingerprint density at radius 1 is 1.35 bits per heavy atom. The van der Waals surface area contributed by atoms with Crippen LogP contribution in [0.15, 0.2) is 37.2 Å². The van der Waals surface area contributed by atoms with Crippen molar-refractivity contribution in [3.8, 4) is 0 Å². The Bertz CT molecular complexity index is 313. The highest BCUT2D eigenvalue weighted by molar-refractivity contribution is 5.85. The highest BCUT2D eigenvalue weighted by atomic mass is 35.5. The number of hydrogen-bond acceptors (Lipinski definition) is 3. The van der Waals surface area contributed by atoms with Crippen LogP contribution in [-0.2, 0) is 0 Å². The molecule has 2 rings (SSSR count). The van der Waals surface area contributed by atoms with E-state index in [1.165, 1.54) is 5.56 Å². The van der Waals surface area contributed by atoms with Crippen LogP contribution in [0.2, 0.25) is 0 Å². The van der Waals surface area contributed by atoms with E-state index in [9.17, 15) is 0 Å². The van der Waals surface area contributed by atoms with Gasteiger partial charge in [0.05, 0.1) is 6.04 Å². The average Bonchev–Trinajstić information content (AvgIpc) is 2.33. The van der Waals surface area contributed by atoms with E-state index < -0.39 is 0 Å². The highest BCUT2D eigenvalue weighted by Crippen LogP contribution is 2.20. The first-order chi connectivity index (χ1) is 7.42. The normalized spacial score (nSPS) is 17.4. The quantitative estimate of drug-likeness (QED) is 0.856. The van der Waals surface area contributed by atoms with Gasteiger partial charge in [-0.25, -0.2) is 0 Å². The molecule has 1 saturated heterocycles. The van der Waals surface area contributed by atoms with Crippen molar-refractivity contribution < 1.29 is 0 Å². The Balaban J connectivity index is 0.00000128. The molecule has 1 aliphatic heterocycles. The van der Waals surface area contributed by atoms with Gasteiger partial charge in [-0.3, -0.25) is 9.88 Å². The summed E-state index contributed by atoms with van der Waals surface area (Å²) in [5.41, 5.74) is 1.23. The maximum atomic E-state index is 4.16. The minimum Gasteiger partial charge on any atom is -0.314 e. The Morgan fingerprint density at radius 3 is 2.59 bits per heavy atom. The summed E-state index contributed by atoms with van der Waals surface area (Å²) in [7, 11) is 0. The molecule has 0 bridgehead atoms. The van der Waals surface area contributed by atoms with E-state index in [1.54, 1.807) is 6.20 Å². The van der Waals surface area contributed by atoms with Gasteiger partial charge in [0, 0.05) is 38.6 Å². The summed E-state index contributed by atoms with van der Waals surface area (Å²) in [6.07, 6.45) is 5.73. The van der Waals surface area contributed by atoms with E-state index in [4.69, 9.17) is 0 Å². The molecule has 0 radical (unpaired) electrons. The molecule has 1 aromatic rings. The van der Waals surface area contributed by atoms with Crippen LogP contribution < -0.4 is 5.32 Å². The Hall–Kier alpha value is -0.610. The molecule has 17 heavy (non-hydrogen) atoms. The zero-order valence-electron chi connectivity index (χ0n) is 9.71. The molecule has 1 atom stereocenters. The van der Waals surface area contributed by atoms with Crippen LogP contribution in [0.3, 0.4) is 0 Å². The fraction of sp³-hybridized carbons (Fsp3) is 0.417. The van der Waals surface area contributed by atoms with Gasteiger partial charge in [-0.1, -0.05) is 12.1 Å². The molecule has 1 N–H and O–H groups in total. The smallest absolute Gasteiger partial charge is 0.0545 e. The number of halogens is 2. The van der Waals surface area contributed by atoms with Gasteiger partial charge >= 0.3 is 0 Å². The maximum absolute atomic E-state index is 4.16. The minimum absolute atomic E-state index is 0. The average molecular weight is 276 g/mol. The fourth-order valence-electron chi connectivity index (χ4n) is 2.01. The number of nitrogens with one attached hydrogen (secondary N) is 1. The number of hydrogen-bond donors (Lipinski definition) is 1. The molecular formula is C12H19Cl2N3. The fourth-order valence-corrected chi connectivity index (χ4v) is 2.01. The molecule has 1 aromatic heterocycles. The van der Waals surface area contributed by atoms with Crippen molar-refractivity contribution in [2.75, 3.05) is 26.2 Å². The van der Waals surface area contributed by atoms with Gasteiger partial charge in [0.2, 0.25) is 0 Å². The lowest BCUT2D eigenvalue weighted by Gasteiger charge is -2.33. The largest absolute Gasteiger partial charge is 0.314 e. The van der Waals surface area contributed by atoms with Gasteiger partial charge in [-0.15, -0.1) is 31.4 Å². The molecule has 0 unspecified atom stereocenters. The van der Waals surface area contributed by atoms with E-state index in [1.807, 2.05) is 18.3 Å². The molecule has 0 aliphatic carbocycles. The summed E-state index contributed by atoms with van der Waals surface area (Å²) in [4.78, 5) is 6.59. The first-order valence-corrected chi connectivity index (χ1v) is 5.39.